The van der Waals surface area contributed by atoms with E-state index in [1.54, 1.807) is 37.3 Å². The molecule has 0 unspecified atom stereocenters. The van der Waals surface area contributed by atoms with Crippen LogP contribution in [0.1, 0.15) is 37.4 Å². The molecule has 0 aliphatic heterocycles. The van der Waals surface area contributed by atoms with Crippen LogP contribution in [-0.4, -0.2) is 40.6 Å². The van der Waals surface area contributed by atoms with Gasteiger partial charge in [-0.1, -0.05) is 18.2 Å². The number of carbonyl (C=O) groups is 1. The van der Waals surface area contributed by atoms with Gasteiger partial charge in [0.05, 0.1) is 6.61 Å². The van der Waals surface area contributed by atoms with Gasteiger partial charge < -0.3 is 29.2 Å². The zero-order chi connectivity index (χ0) is 21.1. The number of ether oxygens (including phenoxy) is 2. The summed E-state index contributed by atoms with van der Waals surface area (Å²) < 4.78 is 15.8. The fourth-order valence-electron chi connectivity index (χ4n) is 2.49. The molecule has 1 heterocycles. The molecule has 0 bridgehead atoms. The highest BCUT2D eigenvalue weighted by Crippen LogP contribution is 2.20. The minimum absolute atomic E-state index is 0.00628. The van der Waals surface area contributed by atoms with Crippen molar-refractivity contribution < 1.29 is 34.0 Å². The van der Waals surface area contributed by atoms with Gasteiger partial charge in [0, 0.05) is 18.4 Å². The minimum atomic E-state index is -1.33. The predicted octanol–water partition coefficient (Wildman–Crippen LogP) is 2.67. The summed E-state index contributed by atoms with van der Waals surface area (Å²) in [6.07, 6.45) is -0.453. The molecule has 0 aliphatic rings. The van der Waals surface area contributed by atoms with Crippen LogP contribution in [0.15, 0.2) is 64.3 Å². The first-order chi connectivity index (χ1) is 14.0. The van der Waals surface area contributed by atoms with Crippen LogP contribution in [0.2, 0.25) is 0 Å². The van der Waals surface area contributed by atoms with Crippen molar-refractivity contribution in [1.29, 1.82) is 0 Å². The van der Waals surface area contributed by atoms with Crippen molar-refractivity contribution in [1.82, 2.24) is 0 Å². The summed E-state index contributed by atoms with van der Waals surface area (Å²) in [5.74, 6) is 0.636. The fraction of sp³-hybridized carbons (Fsp3) is 0.364. The number of hydrogen-bond acceptors (Lipinski definition) is 7. The van der Waals surface area contributed by atoms with Crippen LogP contribution in [-0.2, 0) is 16.1 Å². The molecule has 7 heteroatoms. The number of benzene rings is 1. The Bertz CT molecular complexity index is 819. The summed E-state index contributed by atoms with van der Waals surface area (Å²) in [6, 6.07) is 12.3. The fourth-order valence-corrected chi connectivity index (χ4v) is 2.49. The smallest absolute Gasteiger partial charge is 0.335 e. The molecular weight excluding hydrogens is 376 g/mol. The lowest BCUT2D eigenvalue weighted by atomic mass is 10.1. The van der Waals surface area contributed by atoms with E-state index >= 15 is 0 Å². The van der Waals surface area contributed by atoms with Gasteiger partial charge in [0.2, 0.25) is 0 Å². The molecule has 0 radical (unpaired) electrons. The molecule has 3 N–H and O–H groups in total. The first-order valence-electron chi connectivity index (χ1n) is 9.36. The highest BCUT2D eigenvalue weighted by molar-refractivity contribution is 5.74. The van der Waals surface area contributed by atoms with E-state index in [9.17, 15) is 15.0 Å². The number of aliphatic hydroxyl groups is 3. The van der Waals surface area contributed by atoms with Gasteiger partial charge in [-0.05, 0) is 37.3 Å². The van der Waals surface area contributed by atoms with Crippen LogP contribution >= 0.6 is 0 Å². The lowest BCUT2D eigenvalue weighted by molar-refractivity contribution is -0.152. The van der Waals surface area contributed by atoms with E-state index in [1.807, 2.05) is 18.2 Å². The predicted molar refractivity (Wildman–Crippen MR) is 105 cm³/mol. The molecule has 0 amide bonds. The van der Waals surface area contributed by atoms with E-state index in [4.69, 9.17) is 19.0 Å². The van der Waals surface area contributed by atoms with E-state index in [2.05, 4.69) is 5.73 Å². The molecule has 1 aromatic carbocycles. The zero-order valence-electron chi connectivity index (χ0n) is 16.3. The van der Waals surface area contributed by atoms with Crippen LogP contribution in [0.3, 0.4) is 0 Å². The second kappa shape index (κ2) is 11.9. The highest BCUT2D eigenvalue weighted by atomic mass is 16.5. The number of aliphatic hydroxyl groups excluding tert-OH is 3. The Morgan fingerprint density at radius 2 is 1.97 bits per heavy atom. The average molecular weight is 402 g/mol. The highest BCUT2D eigenvalue weighted by Gasteiger charge is 2.18. The van der Waals surface area contributed by atoms with Crippen LogP contribution in [0.5, 0.6) is 5.75 Å². The Morgan fingerprint density at radius 1 is 1.21 bits per heavy atom. The zero-order valence-corrected chi connectivity index (χ0v) is 16.3. The molecule has 7 nitrogen and oxygen atoms in total. The van der Waals surface area contributed by atoms with E-state index in [1.165, 1.54) is 0 Å². The molecule has 156 valence electrons. The largest absolute Gasteiger partial charge is 0.489 e. The number of para-hydroxylation sites is 1. The third-order valence-corrected chi connectivity index (χ3v) is 3.97. The second-order valence-electron chi connectivity index (χ2n) is 6.24. The lowest BCUT2D eigenvalue weighted by Crippen LogP contribution is -2.24. The summed E-state index contributed by atoms with van der Waals surface area (Å²) in [6.45, 7) is 1.71. The molecule has 0 fully saturated rings. The maximum atomic E-state index is 11.7. The Labute approximate surface area is 169 Å². The number of furan rings is 1. The van der Waals surface area contributed by atoms with Gasteiger partial charge in [0.15, 0.2) is 6.10 Å². The second-order valence-corrected chi connectivity index (χ2v) is 6.24. The van der Waals surface area contributed by atoms with Gasteiger partial charge in [-0.2, -0.15) is 0 Å². The molecule has 0 saturated carbocycles. The van der Waals surface area contributed by atoms with Gasteiger partial charge in [0.1, 0.15) is 36.6 Å². The lowest BCUT2D eigenvalue weighted by Gasteiger charge is -2.12. The monoisotopic (exact) mass is 402 g/mol. The first-order valence-corrected chi connectivity index (χ1v) is 9.36. The SMILES string of the molecule is CCOC(=O)[C@H](O)CC(=C=CC[C@@H](O)c1ccc(CO)o1)COc1ccccc1. The maximum absolute atomic E-state index is 11.7. The third kappa shape index (κ3) is 7.60. The summed E-state index contributed by atoms with van der Waals surface area (Å²) in [7, 11) is 0. The van der Waals surface area contributed by atoms with Crippen molar-refractivity contribution in [3.8, 4) is 5.75 Å². The van der Waals surface area contributed by atoms with E-state index < -0.39 is 18.2 Å². The quantitative estimate of drug-likeness (QED) is 0.392. The molecule has 0 spiro atoms. The van der Waals surface area contributed by atoms with Crippen molar-refractivity contribution in [3.05, 3.63) is 71.4 Å². The van der Waals surface area contributed by atoms with Crippen molar-refractivity contribution in [2.24, 2.45) is 0 Å². The van der Waals surface area contributed by atoms with Gasteiger partial charge >= 0.3 is 5.97 Å². The minimum Gasteiger partial charge on any atom is -0.489 e. The summed E-state index contributed by atoms with van der Waals surface area (Å²) in [4.78, 5) is 11.7. The van der Waals surface area contributed by atoms with Crippen LogP contribution < -0.4 is 4.74 Å². The normalized spacial score (nSPS) is 12.6. The Kier molecular flexibility index (Phi) is 9.21. The van der Waals surface area contributed by atoms with Crippen molar-refractivity contribution in [2.75, 3.05) is 13.2 Å². The van der Waals surface area contributed by atoms with Crippen molar-refractivity contribution >= 4 is 5.97 Å². The van der Waals surface area contributed by atoms with Gasteiger partial charge in [-0.25, -0.2) is 4.79 Å². The third-order valence-electron chi connectivity index (χ3n) is 3.97. The van der Waals surface area contributed by atoms with Crippen LogP contribution in [0.25, 0.3) is 0 Å². The van der Waals surface area contributed by atoms with Crippen LogP contribution in [0, 0.1) is 0 Å². The van der Waals surface area contributed by atoms with Crippen molar-refractivity contribution in [2.45, 2.75) is 38.6 Å². The molecule has 2 aromatic rings. The van der Waals surface area contributed by atoms with Gasteiger partial charge in [-0.15, -0.1) is 5.73 Å². The average Bonchev–Trinajstić information content (AvgIpc) is 3.22. The van der Waals surface area contributed by atoms with Crippen LogP contribution in [0.4, 0.5) is 0 Å². The summed E-state index contributed by atoms with van der Waals surface area (Å²) in [5.41, 5.74) is 3.53. The molecule has 0 aliphatic carbocycles. The maximum Gasteiger partial charge on any atom is 0.335 e. The first kappa shape index (κ1) is 22.5. The molecule has 29 heavy (non-hydrogen) atoms. The van der Waals surface area contributed by atoms with E-state index in [-0.39, 0.29) is 32.7 Å². The van der Waals surface area contributed by atoms with Gasteiger partial charge in [0.25, 0.3) is 0 Å². The van der Waals surface area contributed by atoms with E-state index in [0.29, 0.717) is 22.8 Å². The summed E-state index contributed by atoms with van der Waals surface area (Å²) in [5, 5.41) is 29.2. The number of hydrogen-bond donors (Lipinski definition) is 3. The standard InChI is InChI=1S/C22H26O7/c1-2-27-22(26)20(25)13-16(15-28-17-8-4-3-5-9-17)7-6-10-19(24)21-12-11-18(14-23)29-21/h3-6,8-9,11-12,19-20,23-25H,2,10,13-15H2,1H3/t7?,19-,20-/m1/s1. The Balaban J connectivity index is 2.06. The van der Waals surface area contributed by atoms with Crippen molar-refractivity contribution in [3.63, 3.8) is 0 Å². The summed E-state index contributed by atoms with van der Waals surface area (Å²) >= 11 is 0. The number of rotatable bonds is 11. The molecule has 1 aromatic heterocycles. The van der Waals surface area contributed by atoms with E-state index in [0.717, 1.165) is 0 Å². The number of esters is 1. The topological polar surface area (TPSA) is 109 Å². The van der Waals surface area contributed by atoms with Gasteiger partial charge in [-0.3, -0.25) is 0 Å². The molecular formula is C22H26O7. The molecule has 0 saturated heterocycles. The molecule has 2 rings (SSSR count). The number of carbonyl (C=O) groups excluding carboxylic acids is 1. The Hall–Kier alpha value is -2.83. The Morgan fingerprint density at radius 3 is 2.62 bits per heavy atom. The molecule has 2 atom stereocenters.